The van der Waals surface area contributed by atoms with E-state index >= 15 is 0 Å². The van der Waals surface area contributed by atoms with Crippen LogP contribution in [0.25, 0.3) is 11.3 Å². The first kappa shape index (κ1) is 26.4. The van der Waals surface area contributed by atoms with Crippen molar-refractivity contribution in [3.63, 3.8) is 0 Å². The van der Waals surface area contributed by atoms with Crippen LogP contribution in [0.15, 0.2) is 46.7 Å². The minimum Gasteiger partial charge on any atom is -0.444 e. The highest BCUT2D eigenvalue weighted by atomic mass is 35.5. The molecule has 2 aliphatic rings. The number of fused-ring (bicyclic) bond motifs is 1. The third-order valence-electron chi connectivity index (χ3n) is 6.83. The van der Waals surface area contributed by atoms with Gasteiger partial charge in [0.15, 0.2) is 5.13 Å². The quantitative estimate of drug-likeness (QED) is 0.292. The zero-order valence-corrected chi connectivity index (χ0v) is 24.3. The molecule has 0 atom stereocenters. The second-order valence-corrected chi connectivity index (χ2v) is 13.1. The van der Waals surface area contributed by atoms with Crippen LogP contribution in [0.5, 0.6) is 0 Å². The van der Waals surface area contributed by atoms with E-state index in [4.69, 9.17) is 21.3 Å². The second-order valence-electron chi connectivity index (χ2n) is 10.8. The number of hydrogen-bond donors (Lipinski definition) is 0. The number of benzene rings is 2. The number of carbonyl (C=O) groups is 1. The lowest BCUT2D eigenvalue weighted by molar-refractivity contribution is 0.0258. The number of thiazole rings is 1. The van der Waals surface area contributed by atoms with Gasteiger partial charge < -0.3 is 14.5 Å². The number of hydrogen-bond acceptors (Lipinski definition) is 6. The van der Waals surface area contributed by atoms with Crippen molar-refractivity contribution < 1.29 is 9.53 Å². The third-order valence-corrected chi connectivity index (χ3v) is 9.15. The van der Waals surface area contributed by atoms with Crippen LogP contribution in [-0.4, -0.2) is 47.8 Å². The average Bonchev–Trinajstić information content (AvgIpc) is 3.63. The lowest BCUT2D eigenvalue weighted by atomic mass is 9.98. The molecule has 8 heteroatoms. The maximum atomic E-state index is 12.6. The molecular weight excluding hydrogens is 522 g/mol. The minimum absolute atomic E-state index is 0.242. The molecule has 2 aromatic carbocycles. The molecule has 0 spiro atoms. The van der Waals surface area contributed by atoms with E-state index in [2.05, 4.69) is 47.7 Å². The SMILES string of the molecule is CN(c1nc(-c2ccc(SCc3c(Cl)ccc4c3CCN(C(=O)OC(C)(C)C)CC4)cc2)cs1)C1CC1. The van der Waals surface area contributed by atoms with Crippen LogP contribution in [0.1, 0.15) is 50.3 Å². The first-order chi connectivity index (χ1) is 17.7. The topological polar surface area (TPSA) is 45.7 Å². The van der Waals surface area contributed by atoms with E-state index < -0.39 is 5.60 Å². The summed E-state index contributed by atoms with van der Waals surface area (Å²) in [5.74, 6) is 0.792. The van der Waals surface area contributed by atoms with Gasteiger partial charge >= 0.3 is 6.09 Å². The minimum atomic E-state index is -0.494. The van der Waals surface area contributed by atoms with Crippen LogP contribution in [0, 0.1) is 0 Å². The lowest BCUT2D eigenvalue weighted by Crippen LogP contribution is -2.38. The summed E-state index contributed by atoms with van der Waals surface area (Å²) in [4.78, 5) is 22.8. The largest absolute Gasteiger partial charge is 0.444 e. The van der Waals surface area contributed by atoms with Gasteiger partial charge in [0, 0.05) is 52.8 Å². The van der Waals surface area contributed by atoms with Gasteiger partial charge in [0.2, 0.25) is 0 Å². The van der Waals surface area contributed by atoms with Crippen molar-refractivity contribution in [3.8, 4) is 11.3 Å². The van der Waals surface area contributed by atoms with E-state index in [0.717, 1.165) is 40.0 Å². The highest BCUT2D eigenvalue weighted by Crippen LogP contribution is 2.36. The maximum absolute atomic E-state index is 12.6. The summed E-state index contributed by atoms with van der Waals surface area (Å²) in [5.41, 5.74) is 5.41. The number of thioether (sulfide) groups is 1. The Bertz CT molecular complexity index is 1270. The number of rotatable bonds is 6. The maximum Gasteiger partial charge on any atom is 0.410 e. The molecule has 3 aromatic rings. The van der Waals surface area contributed by atoms with E-state index in [-0.39, 0.29) is 6.09 Å². The molecule has 1 fully saturated rings. The number of ether oxygens (including phenoxy) is 1. The van der Waals surface area contributed by atoms with Crippen molar-refractivity contribution in [1.82, 2.24) is 9.88 Å². The van der Waals surface area contributed by atoms with Crippen molar-refractivity contribution >= 4 is 45.9 Å². The van der Waals surface area contributed by atoms with Gasteiger partial charge in [-0.25, -0.2) is 9.78 Å². The van der Waals surface area contributed by atoms with Crippen LogP contribution in [0.4, 0.5) is 9.93 Å². The molecule has 0 N–H and O–H groups in total. The Morgan fingerprint density at radius 2 is 1.89 bits per heavy atom. The molecule has 1 aromatic heterocycles. The van der Waals surface area contributed by atoms with Crippen molar-refractivity contribution in [2.75, 3.05) is 25.0 Å². The van der Waals surface area contributed by atoms with Gasteiger partial charge in [-0.1, -0.05) is 29.8 Å². The van der Waals surface area contributed by atoms with Gasteiger partial charge in [0.1, 0.15) is 5.60 Å². The van der Waals surface area contributed by atoms with Gasteiger partial charge in [-0.2, -0.15) is 0 Å². The van der Waals surface area contributed by atoms with Crippen molar-refractivity contribution in [2.24, 2.45) is 0 Å². The van der Waals surface area contributed by atoms with Gasteiger partial charge in [0.05, 0.1) is 5.69 Å². The monoisotopic (exact) mass is 555 g/mol. The average molecular weight is 556 g/mol. The molecule has 0 radical (unpaired) electrons. The van der Waals surface area contributed by atoms with Crippen LogP contribution in [-0.2, 0) is 23.3 Å². The smallest absolute Gasteiger partial charge is 0.410 e. The standard InChI is InChI=1S/C29H34ClN3O2S2/c1-29(2,3)35-28(34)33-15-13-19-7-12-25(30)24(23(19)14-16-33)17-36-22-10-5-20(6-11-22)26-18-37-27(31-26)32(4)21-8-9-21/h5-7,10-12,18,21H,8-9,13-17H2,1-4H3. The zero-order chi connectivity index (χ0) is 26.2. The summed E-state index contributed by atoms with van der Waals surface area (Å²) < 4.78 is 5.61. The first-order valence-electron chi connectivity index (χ1n) is 12.9. The summed E-state index contributed by atoms with van der Waals surface area (Å²) in [5, 5.41) is 4.04. The van der Waals surface area contributed by atoms with Gasteiger partial charge in [-0.3, -0.25) is 0 Å². The summed E-state index contributed by atoms with van der Waals surface area (Å²) in [6, 6.07) is 13.4. The summed E-state index contributed by atoms with van der Waals surface area (Å²) in [6.07, 6.45) is 3.89. The van der Waals surface area contributed by atoms with E-state index in [9.17, 15) is 4.79 Å². The molecule has 196 valence electrons. The molecule has 1 amide bonds. The molecule has 1 aliphatic carbocycles. The fourth-order valence-electron chi connectivity index (χ4n) is 4.59. The Kier molecular flexibility index (Phi) is 7.75. The number of anilines is 1. The summed E-state index contributed by atoms with van der Waals surface area (Å²) in [6.45, 7) is 7.01. The molecule has 1 aliphatic heterocycles. The highest BCUT2D eigenvalue weighted by molar-refractivity contribution is 7.98. The fraction of sp³-hybridized carbons (Fsp3) is 0.448. The Morgan fingerprint density at radius 1 is 1.16 bits per heavy atom. The molecule has 37 heavy (non-hydrogen) atoms. The van der Waals surface area contributed by atoms with Crippen LogP contribution in [0.2, 0.25) is 5.02 Å². The summed E-state index contributed by atoms with van der Waals surface area (Å²) >= 11 is 10.2. The molecule has 0 unspecified atom stereocenters. The van der Waals surface area contributed by atoms with E-state index in [0.29, 0.717) is 19.1 Å². The predicted octanol–water partition coefficient (Wildman–Crippen LogP) is 7.69. The Labute approximate surface area is 233 Å². The van der Waals surface area contributed by atoms with E-state index in [1.165, 1.54) is 34.4 Å². The Hall–Kier alpha value is -2.22. The van der Waals surface area contributed by atoms with Crippen LogP contribution >= 0.6 is 34.7 Å². The van der Waals surface area contributed by atoms with Gasteiger partial charge in [-0.15, -0.1) is 23.1 Å². The predicted molar refractivity (Wildman–Crippen MR) is 155 cm³/mol. The molecule has 5 rings (SSSR count). The summed E-state index contributed by atoms with van der Waals surface area (Å²) in [7, 11) is 2.14. The van der Waals surface area contributed by atoms with Crippen LogP contribution < -0.4 is 4.90 Å². The third kappa shape index (κ3) is 6.44. The lowest BCUT2D eigenvalue weighted by Gasteiger charge is -2.26. The Morgan fingerprint density at radius 3 is 2.59 bits per heavy atom. The molecule has 0 saturated heterocycles. The molecule has 5 nitrogen and oxygen atoms in total. The molecule has 0 bridgehead atoms. The normalized spacial score (nSPS) is 15.8. The van der Waals surface area contributed by atoms with Crippen molar-refractivity contribution in [3.05, 3.63) is 63.5 Å². The number of aromatic nitrogens is 1. The van der Waals surface area contributed by atoms with E-state index in [1.54, 1.807) is 23.1 Å². The number of amides is 1. The van der Waals surface area contributed by atoms with E-state index in [1.807, 2.05) is 31.7 Å². The molecule has 1 saturated carbocycles. The fourth-order valence-corrected chi connectivity index (χ4v) is 6.76. The zero-order valence-electron chi connectivity index (χ0n) is 21.9. The molecular formula is C29H34ClN3O2S2. The number of halogens is 1. The Balaban J connectivity index is 1.24. The second kappa shape index (κ2) is 10.9. The van der Waals surface area contributed by atoms with Crippen LogP contribution in [0.3, 0.4) is 0 Å². The van der Waals surface area contributed by atoms with Gasteiger partial charge in [0.25, 0.3) is 0 Å². The molecule has 2 heterocycles. The van der Waals surface area contributed by atoms with Crippen molar-refractivity contribution in [2.45, 2.75) is 68.7 Å². The van der Waals surface area contributed by atoms with Crippen molar-refractivity contribution in [1.29, 1.82) is 0 Å². The number of nitrogens with zero attached hydrogens (tertiary/aromatic N) is 3. The highest BCUT2D eigenvalue weighted by Gasteiger charge is 2.28. The number of carbonyl (C=O) groups excluding carboxylic acids is 1. The van der Waals surface area contributed by atoms with Gasteiger partial charge in [-0.05, 0) is 81.3 Å². The first-order valence-corrected chi connectivity index (χ1v) is 15.1.